The molecule has 116 valence electrons. The van der Waals surface area contributed by atoms with Gasteiger partial charge in [-0.05, 0) is 37.8 Å². The number of amides is 1. The molecule has 0 bridgehead atoms. The molecule has 1 aromatic carbocycles. The lowest BCUT2D eigenvalue weighted by atomic mass is 10.1. The van der Waals surface area contributed by atoms with Crippen LogP contribution in [-0.4, -0.2) is 42.2 Å². The summed E-state index contributed by atoms with van der Waals surface area (Å²) in [6, 6.07) is 6.10. The van der Waals surface area contributed by atoms with Gasteiger partial charge >= 0.3 is 0 Å². The van der Waals surface area contributed by atoms with E-state index in [9.17, 15) is 9.90 Å². The summed E-state index contributed by atoms with van der Waals surface area (Å²) in [6.07, 6.45) is 2.71. The molecular weight excluding hydrogens is 264 g/mol. The lowest BCUT2D eigenvalue weighted by molar-refractivity contribution is -0.128. The second-order valence-corrected chi connectivity index (χ2v) is 6.15. The molecule has 4 nitrogen and oxygen atoms in total. The number of aliphatic hydroxyl groups excluding tert-OH is 1. The van der Waals surface area contributed by atoms with Gasteiger partial charge in [-0.3, -0.25) is 4.79 Å². The summed E-state index contributed by atoms with van der Waals surface area (Å²) in [5.74, 6) is 0.302. The number of carbonyl (C=O) groups is 1. The predicted molar refractivity (Wildman–Crippen MR) is 85.4 cm³/mol. The van der Waals surface area contributed by atoms with Crippen LogP contribution in [0.5, 0.6) is 0 Å². The van der Waals surface area contributed by atoms with Crippen molar-refractivity contribution in [3.8, 4) is 0 Å². The molecule has 4 heteroatoms. The van der Waals surface area contributed by atoms with Gasteiger partial charge in [-0.25, -0.2) is 0 Å². The van der Waals surface area contributed by atoms with Crippen molar-refractivity contribution in [2.75, 3.05) is 25.5 Å². The van der Waals surface area contributed by atoms with E-state index in [1.54, 1.807) is 4.90 Å². The summed E-state index contributed by atoms with van der Waals surface area (Å²) in [5, 5.41) is 13.1. The number of likely N-dealkylation sites (N-methyl/N-ethyl adjacent to an activating group) is 1. The zero-order valence-corrected chi connectivity index (χ0v) is 13.2. The fourth-order valence-corrected chi connectivity index (χ4v) is 3.08. The molecule has 0 aromatic heterocycles. The molecule has 2 N–H and O–H groups in total. The zero-order chi connectivity index (χ0) is 15.4. The number of hydrogen-bond acceptors (Lipinski definition) is 3. The highest BCUT2D eigenvalue weighted by Crippen LogP contribution is 2.26. The first kappa shape index (κ1) is 15.8. The fourth-order valence-electron chi connectivity index (χ4n) is 3.08. The summed E-state index contributed by atoms with van der Waals surface area (Å²) in [6.45, 7) is 5.02. The van der Waals surface area contributed by atoms with Gasteiger partial charge in [0.15, 0.2) is 0 Å². The first-order valence-corrected chi connectivity index (χ1v) is 7.71. The lowest BCUT2D eigenvalue weighted by Crippen LogP contribution is -2.37. The highest BCUT2D eigenvalue weighted by atomic mass is 16.3. The topological polar surface area (TPSA) is 52.6 Å². The molecule has 1 aliphatic carbocycles. The van der Waals surface area contributed by atoms with E-state index in [2.05, 4.69) is 5.32 Å². The molecule has 1 saturated carbocycles. The number of anilines is 1. The molecule has 0 radical (unpaired) electrons. The van der Waals surface area contributed by atoms with Gasteiger partial charge in [0, 0.05) is 25.2 Å². The Balaban J connectivity index is 1.86. The molecule has 2 rings (SSSR count). The minimum Gasteiger partial charge on any atom is -0.393 e. The number of nitrogens with zero attached hydrogens (tertiary/aromatic N) is 1. The SMILES string of the molecule is Cc1cccc(C)c1NCC(=O)N(C)C[C@H]1CCC[C@@H]1O. The summed E-state index contributed by atoms with van der Waals surface area (Å²) in [7, 11) is 1.82. The van der Waals surface area contributed by atoms with Crippen molar-refractivity contribution >= 4 is 11.6 Å². The highest BCUT2D eigenvalue weighted by molar-refractivity contribution is 5.81. The van der Waals surface area contributed by atoms with Crippen LogP contribution < -0.4 is 5.32 Å². The Morgan fingerprint density at radius 1 is 1.33 bits per heavy atom. The normalized spacial score (nSPS) is 21.3. The van der Waals surface area contributed by atoms with Crippen molar-refractivity contribution in [1.29, 1.82) is 0 Å². The van der Waals surface area contributed by atoms with Gasteiger partial charge in [0.2, 0.25) is 5.91 Å². The van der Waals surface area contributed by atoms with Gasteiger partial charge < -0.3 is 15.3 Å². The third kappa shape index (κ3) is 3.97. The highest BCUT2D eigenvalue weighted by Gasteiger charge is 2.27. The van der Waals surface area contributed by atoms with Crippen molar-refractivity contribution in [3.63, 3.8) is 0 Å². The Morgan fingerprint density at radius 2 is 2.00 bits per heavy atom. The smallest absolute Gasteiger partial charge is 0.241 e. The van der Waals surface area contributed by atoms with E-state index >= 15 is 0 Å². The Labute approximate surface area is 127 Å². The zero-order valence-electron chi connectivity index (χ0n) is 13.2. The average Bonchev–Trinajstić information content (AvgIpc) is 2.83. The number of carbonyl (C=O) groups excluding carboxylic acids is 1. The lowest BCUT2D eigenvalue weighted by Gasteiger charge is -2.24. The molecule has 0 spiro atoms. The summed E-state index contributed by atoms with van der Waals surface area (Å²) in [5.41, 5.74) is 3.34. The number of nitrogens with one attached hydrogen (secondary N) is 1. The predicted octanol–water partition coefficient (Wildman–Crippen LogP) is 2.33. The van der Waals surface area contributed by atoms with E-state index in [4.69, 9.17) is 0 Å². The molecule has 1 fully saturated rings. The number of hydrogen-bond donors (Lipinski definition) is 2. The van der Waals surface area contributed by atoms with Crippen LogP contribution in [0.2, 0.25) is 0 Å². The average molecular weight is 290 g/mol. The molecule has 2 atom stereocenters. The Morgan fingerprint density at radius 3 is 2.57 bits per heavy atom. The van der Waals surface area contributed by atoms with Gasteiger partial charge in [-0.1, -0.05) is 24.6 Å². The molecule has 0 saturated heterocycles. The molecule has 1 aliphatic rings. The van der Waals surface area contributed by atoms with Gasteiger partial charge in [0.25, 0.3) is 0 Å². The van der Waals surface area contributed by atoms with Crippen molar-refractivity contribution in [2.45, 2.75) is 39.2 Å². The molecule has 0 unspecified atom stereocenters. The van der Waals surface area contributed by atoms with Gasteiger partial charge in [0.1, 0.15) is 0 Å². The molecule has 0 heterocycles. The summed E-state index contributed by atoms with van der Waals surface area (Å²) < 4.78 is 0. The number of para-hydroxylation sites is 1. The van der Waals surface area contributed by atoms with E-state index in [1.165, 1.54) is 0 Å². The van der Waals surface area contributed by atoms with E-state index in [1.807, 2.05) is 39.1 Å². The maximum absolute atomic E-state index is 12.2. The minimum atomic E-state index is -0.244. The van der Waals surface area contributed by atoms with E-state index in [-0.39, 0.29) is 17.9 Å². The van der Waals surface area contributed by atoms with E-state index in [0.29, 0.717) is 13.1 Å². The monoisotopic (exact) mass is 290 g/mol. The van der Waals surface area contributed by atoms with Crippen LogP contribution in [0.15, 0.2) is 18.2 Å². The number of benzene rings is 1. The van der Waals surface area contributed by atoms with Crippen molar-refractivity contribution in [1.82, 2.24) is 4.90 Å². The summed E-state index contributed by atoms with van der Waals surface area (Å²) >= 11 is 0. The van der Waals surface area contributed by atoms with Crippen LogP contribution in [0.25, 0.3) is 0 Å². The number of rotatable bonds is 5. The van der Waals surface area contributed by atoms with Crippen molar-refractivity contribution in [3.05, 3.63) is 29.3 Å². The van der Waals surface area contributed by atoms with Crippen LogP contribution >= 0.6 is 0 Å². The molecule has 1 aromatic rings. The Hall–Kier alpha value is -1.55. The van der Waals surface area contributed by atoms with Crippen molar-refractivity contribution in [2.24, 2.45) is 5.92 Å². The third-order valence-electron chi connectivity index (χ3n) is 4.45. The largest absolute Gasteiger partial charge is 0.393 e. The maximum Gasteiger partial charge on any atom is 0.241 e. The van der Waals surface area contributed by atoms with Crippen LogP contribution in [0.1, 0.15) is 30.4 Å². The number of aliphatic hydroxyl groups is 1. The summed E-state index contributed by atoms with van der Waals surface area (Å²) in [4.78, 5) is 14.0. The molecule has 0 aliphatic heterocycles. The molecule has 21 heavy (non-hydrogen) atoms. The van der Waals surface area contributed by atoms with Crippen LogP contribution in [0.4, 0.5) is 5.69 Å². The maximum atomic E-state index is 12.2. The standard InChI is InChI=1S/C17H26N2O2/c1-12-6-4-7-13(2)17(12)18-10-16(21)19(3)11-14-8-5-9-15(14)20/h4,6-7,14-15,18,20H,5,8-11H2,1-3H3/t14-,15+/m1/s1. The second kappa shape index (κ2) is 6.94. The first-order chi connectivity index (χ1) is 9.99. The van der Waals surface area contributed by atoms with E-state index < -0.39 is 0 Å². The van der Waals surface area contributed by atoms with Gasteiger partial charge in [-0.2, -0.15) is 0 Å². The molecular formula is C17H26N2O2. The van der Waals surface area contributed by atoms with Gasteiger partial charge in [-0.15, -0.1) is 0 Å². The Kier molecular flexibility index (Phi) is 5.23. The molecule has 1 amide bonds. The third-order valence-corrected chi connectivity index (χ3v) is 4.45. The quantitative estimate of drug-likeness (QED) is 0.875. The van der Waals surface area contributed by atoms with Crippen LogP contribution in [-0.2, 0) is 4.79 Å². The number of aryl methyl sites for hydroxylation is 2. The fraction of sp³-hybridized carbons (Fsp3) is 0.588. The van der Waals surface area contributed by atoms with E-state index in [0.717, 1.165) is 36.1 Å². The minimum absolute atomic E-state index is 0.0664. The van der Waals surface area contributed by atoms with Gasteiger partial charge in [0.05, 0.1) is 12.6 Å². The Bertz CT molecular complexity index is 481. The second-order valence-electron chi connectivity index (χ2n) is 6.15. The first-order valence-electron chi connectivity index (χ1n) is 7.71. The van der Waals surface area contributed by atoms with Crippen LogP contribution in [0.3, 0.4) is 0 Å². The van der Waals surface area contributed by atoms with Crippen molar-refractivity contribution < 1.29 is 9.90 Å². The van der Waals surface area contributed by atoms with Crippen LogP contribution in [0, 0.1) is 19.8 Å².